The fraction of sp³-hybridized carbons (Fsp3) is 0.688. The Kier molecular flexibility index (Phi) is 4.41. The minimum Gasteiger partial charge on any atom is -0.343 e. The SMILES string of the molecule is Cc1ccnc(C2CCN(C(=O)CC(C)(C)C)CC2)n1. The van der Waals surface area contributed by atoms with Gasteiger partial charge in [-0.2, -0.15) is 0 Å². The first kappa shape index (κ1) is 14.9. The van der Waals surface area contributed by atoms with Crippen LogP contribution in [0.25, 0.3) is 0 Å². The van der Waals surface area contributed by atoms with Crippen LogP contribution in [0.4, 0.5) is 0 Å². The lowest BCUT2D eigenvalue weighted by molar-refractivity contribution is -0.134. The molecule has 110 valence electrons. The molecule has 1 amide bonds. The highest BCUT2D eigenvalue weighted by atomic mass is 16.2. The molecular formula is C16H25N3O. The molecule has 1 fully saturated rings. The van der Waals surface area contributed by atoms with Crippen LogP contribution in [0.3, 0.4) is 0 Å². The summed E-state index contributed by atoms with van der Waals surface area (Å²) in [4.78, 5) is 23.1. The van der Waals surface area contributed by atoms with E-state index < -0.39 is 0 Å². The van der Waals surface area contributed by atoms with Crippen LogP contribution in [-0.2, 0) is 4.79 Å². The third-order valence-electron chi connectivity index (χ3n) is 3.71. The number of piperidine rings is 1. The van der Waals surface area contributed by atoms with Gasteiger partial charge in [0, 0.05) is 37.3 Å². The van der Waals surface area contributed by atoms with Crippen molar-refractivity contribution in [3.8, 4) is 0 Å². The minimum atomic E-state index is 0.0631. The summed E-state index contributed by atoms with van der Waals surface area (Å²) in [5.74, 6) is 1.61. The van der Waals surface area contributed by atoms with Crippen molar-refractivity contribution < 1.29 is 4.79 Å². The molecule has 0 saturated carbocycles. The smallest absolute Gasteiger partial charge is 0.223 e. The Morgan fingerprint density at radius 1 is 1.35 bits per heavy atom. The van der Waals surface area contributed by atoms with Crippen LogP contribution in [0.5, 0.6) is 0 Å². The maximum atomic E-state index is 12.2. The molecule has 2 heterocycles. The van der Waals surface area contributed by atoms with Gasteiger partial charge in [0.15, 0.2) is 0 Å². The Labute approximate surface area is 121 Å². The maximum Gasteiger partial charge on any atom is 0.223 e. The van der Waals surface area contributed by atoms with E-state index in [0.29, 0.717) is 12.3 Å². The number of likely N-dealkylation sites (tertiary alicyclic amines) is 1. The molecule has 1 aromatic heterocycles. The number of aromatic nitrogens is 2. The third-order valence-corrected chi connectivity index (χ3v) is 3.71. The molecule has 0 bridgehead atoms. The number of hydrogen-bond donors (Lipinski definition) is 0. The van der Waals surface area contributed by atoms with Gasteiger partial charge in [0.25, 0.3) is 0 Å². The fourth-order valence-corrected chi connectivity index (χ4v) is 2.62. The van der Waals surface area contributed by atoms with E-state index in [1.807, 2.05) is 24.1 Å². The molecule has 1 aliphatic heterocycles. The Morgan fingerprint density at radius 2 is 2.00 bits per heavy atom. The Hall–Kier alpha value is -1.45. The lowest BCUT2D eigenvalue weighted by atomic mass is 9.90. The standard InChI is InChI=1S/C16H25N3O/c1-12-5-8-17-15(18-12)13-6-9-19(10-7-13)14(20)11-16(2,3)4/h5,8,13H,6-7,9-11H2,1-4H3. The van der Waals surface area contributed by atoms with Crippen LogP contribution < -0.4 is 0 Å². The summed E-state index contributed by atoms with van der Waals surface area (Å²) in [6, 6.07) is 1.92. The van der Waals surface area contributed by atoms with Crippen LogP contribution in [0.2, 0.25) is 0 Å². The molecule has 0 unspecified atom stereocenters. The zero-order chi connectivity index (χ0) is 14.8. The van der Waals surface area contributed by atoms with Gasteiger partial charge in [0.2, 0.25) is 5.91 Å². The second kappa shape index (κ2) is 5.90. The van der Waals surface area contributed by atoms with Gasteiger partial charge < -0.3 is 4.90 Å². The van der Waals surface area contributed by atoms with Crippen molar-refractivity contribution in [2.24, 2.45) is 5.41 Å². The van der Waals surface area contributed by atoms with E-state index in [9.17, 15) is 4.79 Å². The van der Waals surface area contributed by atoms with Crippen LogP contribution in [-0.4, -0.2) is 33.9 Å². The average Bonchev–Trinajstić information content (AvgIpc) is 2.37. The topological polar surface area (TPSA) is 46.1 Å². The average molecular weight is 275 g/mol. The molecule has 4 nitrogen and oxygen atoms in total. The Balaban J connectivity index is 1.91. The summed E-state index contributed by atoms with van der Waals surface area (Å²) in [7, 11) is 0. The highest BCUT2D eigenvalue weighted by Gasteiger charge is 2.27. The van der Waals surface area contributed by atoms with Crippen molar-refractivity contribution in [2.45, 2.75) is 52.9 Å². The largest absolute Gasteiger partial charge is 0.343 e. The van der Waals surface area contributed by atoms with E-state index in [4.69, 9.17) is 0 Å². The van der Waals surface area contributed by atoms with Crippen LogP contribution in [0.15, 0.2) is 12.3 Å². The van der Waals surface area contributed by atoms with E-state index in [0.717, 1.165) is 37.4 Å². The lowest BCUT2D eigenvalue weighted by Crippen LogP contribution is -2.39. The number of carbonyl (C=O) groups excluding carboxylic acids is 1. The van der Waals surface area contributed by atoms with Crippen molar-refractivity contribution in [1.82, 2.24) is 14.9 Å². The second-order valence-electron chi connectivity index (χ2n) is 6.95. The lowest BCUT2D eigenvalue weighted by Gasteiger charge is -2.33. The first-order chi connectivity index (χ1) is 9.35. The van der Waals surface area contributed by atoms with Gasteiger partial charge in [-0.3, -0.25) is 4.79 Å². The van der Waals surface area contributed by atoms with Gasteiger partial charge in [-0.1, -0.05) is 20.8 Å². The highest BCUT2D eigenvalue weighted by Crippen LogP contribution is 2.27. The van der Waals surface area contributed by atoms with Crippen molar-refractivity contribution >= 4 is 5.91 Å². The van der Waals surface area contributed by atoms with Crippen molar-refractivity contribution in [2.75, 3.05) is 13.1 Å². The molecule has 0 aliphatic carbocycles. The van der Waals surface area contributed by atoms with E-state index in [-0.39, 0.29) is 11.3 Å². The monoisotopic (exact) mass is 275 g/mol. The number of hydrogen-bond acceptors (Lipinski definition) is 3. The maximum absolute atomic E-state index is 12.2. The van der Waals surface area contributed by atoms with E-state index >= 15 is 0 Å². The summed E-state index contributed by atoms with van der Waals surface area (Å²) in [5.41, 5.74) is 1.08. The van der Waals surface area contributed by atoms with Crippen LogP contribution >= 0.6 is 0 Å². The summed E-state index contributed by atoms with van der Waals surface area (Å²) < 4.78 is 0. The molecule has 1 saturated heterocycles. The number of rotatable bonds is 2. The first-order valence-electron chi connectivity index (χ1n) is 7.42. The number of aryl methyl sites for hydroxylation is 1. The molecule has 0 radical (unpaired) electrons. The van der Waals surface area contributed by atoms with E-state index in [1.165, 1.54) is 0 Å². The summed E-state index contributed by atoms with van der Waals surface area (Å²) in [6.45, 7) is 9.98. The number of carbonyl (C=O) groups is 1. The second-order valence-corrected chi connectivity index (χ2v) is 6.95. The summed E-state index contributed by atoms with van der Waals surface area (Å²) in [5, 5.41) is 0. The molecule has 4 heteroatoms. The van der Waals surface area contributed by atoms with E-state index in [1.54, 1.807) is 0 Å². The van der Waals surface area contributed by atoms with Crippen LogP contribution in [0, 0.1) is 12.3 Å². The fourth-order valence-electron chi connectivity index (χ4n) is 2.62. The van der Waals surface area contributed by atoms with Crippen molar-refractivity contribution in [3.05, 3.63) is 23.8 Å². The van der Waals surface area contributed by atoms with Gasteiger partial charge in [-0.05, 0) is 31.2 Å². The van der Waals surface area contributed by atoms with Gasteiger partial charge in [0.05, 0.1) is 0 Å². The van der Waals surface area contributed by atoms with Crippen molar-refractivity contribution in [1.29, 1.82) is 0 Å². The third kappa shape index (κ3) is 4.02. The Morgan fingerprint density at radius 3 is 2.55 bits per heavy atom. The molecule has 0 aromatic carbocycles. The minimum absolute atomic E-state index is 0.0631. The molecule has 0 atom stereocenters. The van der Waals surface area contributed by atoms with Gasteiger partial charge in [-0.25, -0.2) is 9.97 Å². The summed E-state index contributed by atoms with van der Waals surface area (Å²) >= 11 is 0. The zero-order valence-electron chi connectivity index (χ0n) is 13.0. The highest BCUT2D eigenvalue weighted by molar-refractivity contribution is 5.76. The van der Waals surface area contributed by atoms with Crippen LogP contribution in [0.1, 0.15) is 57.5 Å². The predicted octanol–water partition coefficient (Wildman–Crippen LogP) is 2.93. The number of nitrogens with zero attached hydrogens (tertiary/aromatic N) is 3. The predicted molar refractivity (Wildman–Crippen MR) is 79.4 cm³/mol. The normalized spacial score (nSPS) is 17.3. The van der Waals surface area contributed by atoms with E-state index in [2.05, 4.69) is 30.7 Å². The molecule has 1 aliphatic rings. The molecule has 2 rings (SSSR count). The molecule has 1 aromatic rings. The molecule has 20 heavy (non-hydrogen) atoms. The first-order valence-corrected chi connectivity index (χ1v) is 7.42. The Bertz CT molecular complexity index is 471. The van der Waals surface area contributed by atoms with Gasteiger partial charge >= 0.3 is 0 Å². The summed E-state index contributed by atoms with van der Waals surface area (Å²) in [6.07, 6.45) is 4.39. The van der Waals surface area contributed by atoms with Gasteiger partial charge in [-0.15, -0.1) is 0 Å². The zero-order valence-corrected chi connectivity index (χ0v) is 13.0. The van der Waals surface area contributed by atoms with Crippen molar-refractivity contribution in [3.63, 3.8) is 0 Å². The number of amides is 1. The molecule has 0 N–H and O–H groups in total. The molecular weight excluding hydrogens is 250 g/mol. The van der Waals surface area contributed by atoms with Gasteiger partial charge in [0.1, 0.15) is 5.82 Å². The quantitative estimate of drug-likeness (QED) is 0.833. The molecule has 0 spiro atoms.